The molecule has 5 heteroatoms. The number of nitrogens with zero attached hydrogens (tertiary/aromatic N) is 3. The summed E-state index contributed by atoms with van der Waals surface area (Å²) in [6.45, 7) is 0.236. The van der Waals surface area contributed by atoms with Crippen LogP contribution in [0.5, 0.6) is 5.88 Å². The molecule has 0 amide bonds. The number of rotatable bonds is 3. The first-order valence-corrected chi connectivity index (χ1v) is 4.26. The monoisotopic (exact) mass is 201 g/mol. The van der Waals surface area contributed by atoms with Gasteiger partial charge in [0.2, 0.25) is 5.69 Å². The lowest BCUT2D eigenvalue weighted by Crippen LogP contribution is -1.99. The number of hydrogen-bond donors (Lipinski definition) is 0. The molecule has 0 aliphatic carbocycles. The summed E-state index contributed by atoms with van der Waals surface area (Å²) in [6, 6.07) is 5.44. The zero-order valence-corrected chi connectivity index (χ0v) is 7.75. The Kier molecular flexibility index (Phi) is 2.61. The van der Waals surface area contributed by atoms with Crippen LogP contribution >= 0.6 is 0 Å². The van der Waals surface area contributed by atoms with Crippen LogP contribution in [-0.2, 0) is 6.61 Å². The molecule has 0 aliphatic rings. The highest BCUT2D eigenvalue weighted by molar-refractivity contribution is 5.29. The average molecular weight is 201 g/mol. The third kappa shape index (κ3) is 2.11. The molecule has 2 aromatic heterocycles. The van der Waals surface area contributed by atoms with E-state index in [1.54, 1.807) is 18.4 Å². The molecule has 0 aromatic carbocycles. The molecule has 0 atom stereocenters. The fourth-order valence-corrected chi connectivity index (χ4v) is 1.04. The Morgan fingerprint density at radius 2 is 2.27 bits per heavy atom. The van der Waals surface area contributed by atoms with Gasteiger partial charge in [-0.3, -0.25) is 0 Å². The van der Waals surface area contributed by atoms with Crippen molar-refractivity contribution in [2.24, 2.45) is 0 Å². The van der Waals surface area contributed by atoms with E-state index in [0.717, 1.165) is 0 Å². The first kappa shape index (κ1) is 9.21. The summed E-state index contributed by atoms with van der Waals surface area (Å²) in [6.07, 6.45) is 4.47. The SMILES string of the molecule is N#Cc1nccnc1OCc1ccco1. The Morgan fingerprint density at radius 1 is 1.40 bits per heavy atom. The van der Waals surface area contributed by atoms with Crippen molar-refractivity contribution in [3.8, 4) is 11.9 Å². The van der Waals surface area contributed by atoms with E-state index in [-0.39, 0.29) is 18.2 Å². The normalized spacial score (nSPS) is 9.53. The molecule has 74 valence electrons. The van der Waals surface area contributed by atoms with Gasteiger partial charge < -0.3 is 9.15 Å². The second-order valence-electron chi connectivity index (χ2n) is 2.69. The van der Waals surface area contributed by atoms with Crippen molar-refractivity contribution in [2.75, 3.05) is 0 Å². The third-order valence-corrected chi connectivity index (χ3v) is 1.70. The van der Waals surface area contributed by atoms with E-state index in [1.165, 1.54) is 12.4 Å². The predicted molar refractivity (Wildman–Crippen MR) is 49.8 cm³/mol. The highest BCUT2D eigenvalue weighted by Gasteiger charge is 2.05. The molecule has 2 rings (SSSR count). The molecule has 0 spiro atoms. The van der Waals surface area contributed by atoms with Crippen molar-refractivity contribution in [3.63, 3.8) is 0 Å². The fourth-order valence-electron chi connectivity index (χ4n) is 1.04. The van der Waals surface area contributed by atoms with Gasteiger partial charge in [-0.1, -0.05) is 0 Å². The van der Waals surface area contributed by atoms with Crippen molar-refractivity contribution >= 4 is 0 Å². The zero-order chi connectivity index (χ0) is 10.5. The summed E-state index contributed by atoms with van der Waals surface area (Å²) in [4.78, 5) is 7.72. The van der Waals surface area contributed by atoms with Gasteiger partial charge in [0.1, 0.15) is 18.4 Å². The number of nitriles is 1. The second kappa shape index (κ2) is 4.24. The summed E-state index contributed by atoms with van der Waals surface area (Å²) >= 11 is 0. The van der Waals surface area contributed by atoms with Crippen LogP contribution in [-0.4, -0.2) is 9.97 Å². The first-order valence-electron chi connectivity index (χ1n) is 4.26. The van der Waals surface area contributed by atoms with Crippen molar-refractivity contribution in [1.29, 1.82) is 5.26 Å². The molecular formula is C10H7N3O2. The van der Waals surface area contributed by atoms with Gasteiger partial charge in [0.15, 0.2) is 0 Å². The van der Waals surface area contributed by atoms with Crippen LogP contribution in [0.15, 0.2) is 35.2 Å². The predicted octanol–water partition coefficient (Wildman–Crippen LogP) is 1.52. The lowest BCUT2D eigenvalue weighted by molar-refractivity contribution is 0.258. The zero-order valence-electron chi connectivity index (χ0n) is 7.75. The van der Waals surface area contributed by atoms with Crippen LogP contribution < -0.4 is 4.74 Å². The maximum absolute atomic E-state index is 8.72. The topological polar surface area (TPSA) is 71.9 Å². The summed E-state index contributed by atoms with van der Waals surface area (Å²) < 4.78 is 10.4. The van der Waals surface area contributed by atoms with E-state index in [2.05, 4.69) is 9.97 Å². The van der Waals surface area contributed by atoms with Gasteiger partial charge in [-0.15, -0.1) is 0 Å². The second-order valence-corrected chi connectivity index (χ2v) is 2.69. The highest BCUT2D eigenvalue weighted by Crippen LogP contribution is 2.12. The number of ether oxygens (including phenoxy) is 1. The maximum Gasteiger partial charge on any atom is 0.251 e. The average Bonchev–Trinajstić information content (AvgIpc) is 2.79. The summed E-state index contributed by atoms with van der Waals surface area (Å²) in [5.41, 5.74) is 0.170. The number of furan rings is 1. The van der Waals surface area contributed by atoms with Crippen molar-refractivity contribution in [3.05, 3.63) is 42.2 Å². The summed E-state index contributed by atoms with van der Waals surface area (Å²) in [7, 11) is 0. The van der Waals surface area contributed by atoms with Gasteiger partial charge >= 0.3 is 0 Å². The molecule has 2 aromatic rings. The first-order chi connectivity index (χ1) is 7.40. The van der Waals surface area contributed by atoms with Crippen LogP contribution in [0.25, 0.3) is 0 Å². The maximum atomic E-state index is 8.72. The van der Waals surface area contributed by atoms with E-state index in [9.17, 15) is 0 Å². The van der Waals surface area contributed by atoms with Crippen LogP contribution in [0.4, 0.5) is 0 Å². The smallest absolute Gasteiger partial charge is 0.251 e. The van der Waals surface area contributed by atoms with Gasteiger partial charge in [-0.05, 0) is 12.1 Å². The van der Waals surface area contributed by atoms with E-state index in [4.69, 9.17) is 14.4 Å². The summed E-state index contributed by atoms with van der Waals surface area (Å²) in [5, 5.41) is 8.72. The standard InChI is InChI=1S/C10H7N3O2/c11-6-9-10(13-4-3-12-9)15-7-8-2-1-5-14-8/h1-5H,7H2. The Bertz CT molecular complexity index is 474. The molecule has 0 fully saturated rings. The molecule has 2 heterocycles. The largest absolute Gasteiger partial charge is 0.467 e. The summed E-state index contributed by atoms with van der Waals surface area (Å²) in [5.74, 6) is 0.890. The van der Waals surface area contributed by atoms with Crippen molar-refractivity contribution in [2.45, 2.75) is 6.61 Å². The molecule has 0 N–H and O–H groups in total. The van der Waals surface area contributed by atoms with Crippen molar-refractivity contribution in [1.82, 2.24) is 9.97 Å². The van der Waals surface area contributed by atoms with Gasteiger partial charge in [0.05, 0.1) is 6.26 Å². The van der Waals surface area contributed by atoms with E-state index >= 15 is 0 Å². The molecule has 0 saturated carbocycles. The number of aromatic nitrogens is 2. The van der Waals surface area contributed by atoms with Crippen molar-refractivity contribution < 1.29 is 9.15 Å². The lowest BCUT2D eigenvalue weighted by atomic mass is 10.4. The minimum Gasteiger partial charge on any atom is -0.467 e. The Labute approximate surface area is 86.0 Å². The molecule has 0 radical (unpaired) electrons. The van der Waals surface area contributed by atoms with Crippen LogP contribution in [0, 0.1) is 11.3 Å². The van der Waals surface area contributed by atoms with Crippen LogP contribution in [0.3, 0.4) is 0 Å². The molecule has 0 unspecified atom stereocenters. The lowest BCUT2D eigenvalue weighted by Gasteiger charge is -2.02. The molecule has 0 saturated heterocycles. The van der Waals surface area contributed by atoms with Gasteiger partial charge in [-0.2, -0.15) is 5.26 Å². The third-order valence-electron chi connectivity index (χ3n) is 1.70. The molecule has 5 nitrogen and oxygen atoms in total. The van der Waals surface area contributed by atoms with Gasteiger partial charge in [-0.25, -0.2) is 9.97 Å². The molecule has 15 heavy (non-hydrogen) atoms. The minimum absolute atomic E-state index is 0.170. The van der Waals surface area contributed by atoms with Crippen LogP contribution in [0.2, 0.25) is 0 Å². The van der Waals surface area contributed by atoms with E-state index < -0.39 is 0 Å². The Balaban J connectivity index is 2.08. The molecule has 0 aliphatic heterocycles. The minimum atomic E-state index is 0.170. The van der Waals surface area contributed by atoms with Crippen LogP contribution in [0.1, 0.15) is 11.5 Å². The van der Waals surface area contributed by atoms with E-state index in [1.807, 2.05) is 6.07 Å². The fraction of sp³-hybridized carbons (Fsp3) is 0.100. The highest BCUT2D eigenvalue weighted by atomic mass is 16.5. The van der Waals surface area contributed by atoms with E-state index in [0.29, 0.717) is 5.76 Å². The number of hydrogen-bond acceptors (Lipinski definition) is 5. The van der Waals surface area contributed by atoms with Gasteiger partial charge in [0, 0.05) is 12.4 Å². The van der Waals surface area contributed by atoms with Gasteiger partial charge in [0.25, 0.3) is 5.88 Å². The molecule has 0 bridgehead atoms. The quantitative estimate of drug-likeness (QED) is 0.752. The Morgan fingerprint density at radius 3 is 3.00 bits per heavy atom. The molecular weight excluding hydrogens is 194 g/mol. The Hall–Kier alpha value is -2.35.